The fourth-order valence-electron chi connectivity index (χ4n) is 1.52. The number of rotatable bonds is 5. The summed E-state index contributed by atoms with van der Waals surface area (Å²) in [7, 11) is 0. The zero-order chi connectivity index (χ0) is 15.2. The molecule has 0 heterocycles. The summed E-state index contributed by atoms with van der Waals surface area (Å²) in [5.74, 6) is 1.53. The summed E-state index contributed by atoms with van der Waals surface area (Å²) in [5, 5.41) is 14.4. The Morgan fingerprint density at radius 2 is 1.90 bits per heavy atom. The lowest BCUT2D eigenvalue weighted by molar-refractivity contribution is -0.142. The molecule has 0 atom stereocenters. The van der Waals surface area contributed by atoms with E-state index in [1.165, 1.54) is 0 Å². The monoisotopic (exact) mass is 274 g/mol. The van der Waals surface area contributed by atoms with E-state index in [1.54, 1.807) is 38.1 Å². The molecule has 106 valence electrons. The van der Waals surface area contributed by atoms with Gasteiger partial charge < -0.3 is 15.7 Å². The molecule has 0 aliphatic rings. The number of carboxylic acids is 1. The number of anilines is 1. The molecule has 0 aliphatic heterocycles. The predicted octanol–water partition coefficient (Wildman–Crippen LogP) is 2.19. The Kier molecular flexibility index (Phi) is 5.15. The molecule has 0 fully saturated rings. The molecule has 1 rings (SSSR count). The summed E-state index contributed by atoms with van der Waals surface area (Å²) in [6, 6.07) is 6.36. The Hall–Kier alpha value is -2.48. The third-order valence-corrected chi connectivity index (χ3v) is 2.95. The summed E-state index contributed by atoms with van der Waals surface area (Å²) in [5.41, 5.74) is 0.296. The lowest BCUT2D eigenvalue weighted by atomic mass is 9.85. The number of carbonyl (C=O) groups is 2. The molecule has 1 aromatic rings. The van der Waals surface area contributed by atoms with Gasteiger partial charge in [-0.3, -0.25) is 4.79 Å². The highest BCUT2D eigenvalue weighted by Gasteiger charge is 2.29. The van der Waals surface area contributed by atoms with Crippen molar-refractivity contribution in [1.29, 1.82) is 0 Å². The summed E-state index contributed by atoms with van der Waals surface area (Å²) in [4.78, 5) is 22.6. The fraction of sp³-hybridized carbons (Fsp3) is 0.333. The molecule has 0 saturated heterocycles. The van der Waals surface area contributed by atoms with Gasteiger partial charge in [-0.2, -0.15) is 0 Å². The van der Waals surface area contributed by atoms with Crippen molar-refractivity contribution in [2.75, 3.05) is 11.9 Å². The lowest BCUT2D eigenvalue weighted by Crippen LogP contribution is -2.30. The normalized spacial score (nSPS) is 10.4. The Bertz CT molecular complexity index is 527. The van der Waals surface area contributed by atoms with Crippen LogP contribution in [0, 0.1) is 12.3 Å². The van der Waals surface area contributed by atoms with Gasteiger partial charge >= 0.3 is 12.0 Å². The van der Waals surface area contributed by atoms with E-state index in [-0.39, 0.29) is 6.03 Å². The average Bonchev–Trinajstić information content (AvgIpc) is 2.39. The SMILES string of the molecule is C#CCCNC(=O)Nc1ccc(C(C)(C)C(=O)O)cc1. The van der Waals surface area contributed by atoms with Crippen LogP contribution < -0.4 is 10.6 Å². The van der Waals surface area contributed by atoms with Gasteiger partial charge in [-0.15, -0.1) is 12.3 Å². The van der Waals surface area contributed by atoms with Gasteiger partial charge in [-0.1, -0.05) is 12.1 Å². The van der Waals surface area contributed by atoms with Crippen molar-refractivity contribution in [3.05, 3.63) is 29.8 Å². The van der Waals surface area contributed by atoms with Gasteiger partial charge in [0.2, 0.25) is 0 Å². The minimum absolute atomic E-state index is 0.342. The first-order valence-corrected chi connectivity index (χ1v) is 6.20. The lowest BCUT2D eigenvalue weighted by Gasteiger charge is -2.19. The van der Waals surface area contributed by atoms with Gasteiger partial charge in [0.1, 0.15) is 0 Å². The number of urea groups is 1. The van der Waals surface area contributed by atoms with E-state index in [1.807, 2.05) is 0 Å². The maximum atomic E-state index is 11.5. The average molecular weight is 274 g/mol. The highest BCUT2D eigenvalue weighted by Crippen LogP contribution is 2.24. The molecule has 0 bridgehead atoms. The Labute approximate surface area is 118 Å². The van der Waals surface area contributed by atoms with Gasteiger partial charge in [0.05, 0.1) is 5.41 Å². The second-order valence-corrected chi connectivity index (χ2v) is 4.84. The minimum Gasteiger partial charge on any atom is -0.481 e. The topological polar surface area (TPSA) is 78.4 Å². The van der Waals surface area contributed by atoms with E-state index in [0.717, 1.165) is 0 Å². The zero-order valence-corrected chi connectivity index (χ0v) is 11.6. The molecule has 0 aromatic heterocycles. The first-order valence-electron chi connectivity index (χ1n) is 6.20. The van der Waals surface area contributed by atoms with E-state index in [9.17, 15) is 9.59 Å². The molecule has 1 aromatic carbocycles. The van der Waals surface area contributed by atoms with Crippen LogP contribution in [-0.2, 0) is 10.2 Å². The van der Waals surface area contributed by atoms with Crippen LogP contribution in [0.4, 0.5) is 10.5 Å². The van der Waals surface area contributed by atoms with E-state index < -0.39 is 11.4 Å². The summed E-state index contributed by atoms with van der Waals surface area (Å²) >= 11 is 0. The summed E-state index contributed by atoms with van der Waals surface area (Å²) in [6.07, 6.45) is 5.55. The number of benzene rings is 1. The third-order valence-electron chi connectivity index (χ3n) is 2.95. The van der Waals surface area contributed by atoms with Gasteiger partial charge in [-0.05, 0) is 31.5 Å². The van der Waals surface area contributed by atoms with Crippen LogP contribution in [0.25, 0.3) is 0 Å². The number of carboxylic acid groups (broad SMARTS) is 1. The Morgan fingerprint density at radius 1 is 1.30 bits per heavy atom. The number of hydrogen-bond acceptors (Lipinski definition) is 2. The number of hydrogen-bond donors (Lipinski definition) is 3. The standard InChI is InChI=1S/C15H18N2O3/c1-4-5-10-16-14(20)17-12-8-6-11(7-9-12)15(2,3)13(18)19/h1,6-9H,5,10H2,2-3H3,(H,18,19)(H2,16,17,20). The number of nitrogens with one attached hydrogen (secondary N) is 2. The molecular weight excluding hydrogens is 256 g/mol. The molecule has 0 saturated carbocycles. The maximum Gasteiger partial charge on any atom is 0.319 e. The highest BCUT2D eigenvalue weighted by molar-refractivity contribution is 5.89. The molecule has 0 radical (unpaired) electrons. The molecule has 3 N–H and O–H groups in total. The van der Waals surface area contributed by atoms with E-state index >= 15 is 0 Å². The minimum atomic E-state index is -0.965. The van der Waals surface area contributed by atoms with E-state index in [0.29, 0.717) is 24.2 Å². The van der Waals surface area contributed by atoms with Crippen LogP contribution in [0.3, 0.4) is 0 Å². The van der Waals surface area contributed by atoms with Crippen molar-refractivity contribution in [3.63, 3.8) is 0 Å². The van der Waals surface area contributed by atoms with Gasteiger partial charge in [0.15, 0.2) is 0 Å². The third kappa shape index (κ3) is 4.02. The van der Waals surface area contributed by atoms with E-state index in [4.69, 9.17) is 11.5 Å². The van der Waals surface area contributed by atoms with Crippen LogP contribution in [0.5, 0.6) is 0 Å². The first kappa shape index (κ1) is 15.6. The quantitative estimate of drug-likeness (QED) is 0.569. The van der Waals surface area contributed by atoms with Gasteiger partial charge in [-0.25, -0.2) is 4.79 Å². The number of carbonyl (C=O) groups excluding carboxylic acids is 1. The molecular formula is C15H18N2O3. The number of aliphatic carboxylic acids is 1. The number of terminal acetylenes is 1. The molecule has 2 amide bonds. The second kappa shape index (κ2) is 6.62. The molecule has 5 heteroatoms. The fourth-order valence-corrected chi connectivity index (χ4v) is 1.52. The molecule has 20 heavy (non-hydrogen) atoms. The predicted molar refractivity (Wildman–Crippen MR) is 77.6 cm³/mol. The van der Waals surface area contributed by atoms with Crippen molar-refractivity contribution in [2.45, 2.75) is 25.7 Å². The zero-order valence-electron chi connectivity index (χ0n) is 11.6. The largest absolute Gasteiger partial charge is 0.481 e. The number of amides is 2. The maximum absolute atomic E-state index is 11.5. The van der Waals surface area contributed by atoms with Gasteiger partial charge in [0.25, 0.3) is 0 Å². The van der Waals surface area contributed by atoms with Crippen LogP contribution >= 0.6 is 0 Å². The van der Waals surface area contributed by atoms with Crippen molar-refractivity contribution in [3.8, 4) is 12.3 Å². The summed E-state index contributed by atoms with van der Waals surface area (Å²) < 4.78 is 0. The van der Waals surface area contributed by atoms with Crippen LogP contribution in [0.2, 0.25) is 0 Å². The van der Waals surface area contributed by atoms with Crippen molar-refractivity contribution in [1.82, 2.24) is 5.32 Å². The first-order chi connectivity index (χ1) is 9.37. The molecule has 0 spiro atoms. The molecule has 5 nitrogen and oxygen atoms in total. The second-order valence-electron chi connectivity index (χ2n) is 4.84. The van der Waals surface area contributed by atoms with Gasteiger partial charge in [0, 0.05) is 18.7 Å². The Balaban J connectivity index is 2.66. The van der Waals surface area contributed by atoms with Crippen LogP contribution in [0.1, 0.15) is 25.8 Å². The van der Waals surface area contributed by atoms with Crippen molar-refractivity contribution >= 4 is 17.7 Å². The molecule has 0 aliphatic carbocycles. The van der Waals surface area contributed by atoms with Crippen LogP contribution in [-0.4, -0.2) is 23.7 Å². The van der Waals surface area contributed by atoms with Crippen molar-refractivity contribution < 1.29 is 14.7 Å². The van der Waals surface area contributed by atoms with Crippen LogP contribution in [0.15, 0.2) is 24.3 Å². The van der Waals surface area contributed by atoms with E-state index in [2.05, 4.69) is 16.6 Å². The van der Waals surface area contributed by atoms with Crippen molar-refractivity contribution in [2.24, 2.45) is 0 Å². The molecule has 0 unspecified atom stereocenters. The smallest absolute Gasteiger partial charge is 0.319 e. The highest BCUT2D eigenvalue weighted by atomic mass is 16.4. The Morgan fingerprint density at radius 3 is 2.40 bits per heavy atom. The summed E-state index contributed by atoms with van der Waals surface area (Å²) in [6.45, 7) is 3.67.